The van der Waals surface area contributed by atoms with Crippen LogP contribution in [-0.4, -0.2) is 18.4 Å². The first-order valence-electron chi connectivity index (χ1n) is 9.07. The quantitative estimate of drug-likeness (QED) is 0.915. The van der Waals surface area contributed by atoms with Gasteiger partial charge in [-0.25, -0.2) is 0 Å². The van der Waals surface area contributed by atoms with Gasteiger partial charge in [-0.2, -0.15) is 0 Å². The van der Waals surface area contributed by atoms with E-state index in [0.29, 0.717) is 13.1 Å². The fourth-order valence-electron chi connectivity index (χ4n) is 3.20. The molecule has 1 aliphatic rings. The Labute approximate surface area is 155 Å². The minimum atomic E-state index is -0.298. The summed E-state index contributed by atoms with van der Waals surface area (Å²) in [5.41, 5.74) is 3.22. The molecule has 0 aromatic heterocycles. The average Bonchev–Trinajstić information content (AvgIpc) is 3.02. The van der Waals surface area contributed by atoms with Gasteiger partial charge < -0.3 is 10.2 Å². The highest BCUT2D eigenvalue weighted by Crippen LogP contribution is 2.28. The van der Waals surface area contributed by atoms with E-state index in [4.69, 9.17) is 0 Å². The minimum absolute atomic E-state index is 0.00775. The summed E-state index contributed by atoms with van der Waals surface area (Å²) in [4.78, 5) is 26.5. The van der Waals surface area contributed by atoms with Crippen molar-refractivity contribution in [2.45, 2.75) is 39.2 Å². The molecule has 0 bridgehead atoms. The van der Waals surface area contributed by atoms with E-state index in [1.165, 1.54) is 5.56 Å². The van der Waals surface area contributed by atoms with Gasteiger partial charge in [0.15, 0.2) is 0 Å². The Balaban J connectivity index is 1.62. The molecule has 3 rings (SSSR count). The van der Waals surface area contributed by atoms with Crippen LogP contribution in [0.3, 0.4) is 0 Å². The number of rotatable bonds is 4. The first-order valence-corrected chi connectivity index (χ1v) is 9.07. The molecule has 2 aromatic carbocycles. The van der Waals surface area contributed by atoms with Gasteiger partial charge in [-0.3, -0.25) is 9.59 Å². The highest BCUT2D eigenvalue weighted by Gasteiger charge is 2.35. The molecule has 0 spiro atoms. The van der Waals surface area contributed by atoms with Gasteiger partial charge in [-0.05, 0) is 28.7 Å². The van der Waals surface area contributed by atoms with Crippen molar-refractivity contribution in [1.29, 1.82) is 0 Å². The summed E-state index contributed by atoms with van der Waals surface area (Å²) in [6, 6.07) is 17.9. The number of benzene rings is 2. The highest BCUT2D eigenvalue weighted by atomic mass is 16.2. The van der Waals surface area contributed by atoms with Gasteiger partial charge >= 0.3 is 0 Å². The second-order valence-corrected chi connectivity index (χ2v) is 7.91. The van der Waals surface area contributed by atoms with E-state index < -0.39 is 0 Å². The standard InChI is InChI=1S/C22H26N2O2/c1-22(2,3)18-9-11-19(12-10-18)24-15-17(13-20(24)25)21(26)23-14-16-7-5-4-6-8-16/h4-12,17H,13-15H2,1-3H3,(H,23,26). The van der Waals surface area contributed by atoms with E-state index >= 15 is 0 Å². The summed E-state index contributed by atoms with van der Waals surface area (Å²) in [5, 5.41) is 2.94. The van der Waals surface area contributed by atoms with Gasteiger partial charge in [0, 0.05) is 25.2 Å². The normalized spacial score (nSPS) is 17.4. The maximum Gasteiger partial charge on any atom is 0.227 e. The lowest BCUT2D eigenvalue weighted by Gasteiger charge is -2.21. The van der Waals surface area contributed by atoms with Crippen LogP contribution in [0.4, 0.5) is 5.69 Å². The van der Waals surface area contributed by atoms with Gasteiger partial charge in [0.1, 0.15) is 0 Å². The Kier molecular flexibility index (Phi) is 5.12. The van der Waals surface area contributed by atoms with Crippen LogP contribution in [-0.2, 0) is 21.5 Å². The molecule has 1 fully saturated rings. The predicted octanol–water partition coefficient (Wildman–Crippen LogP) is 3.65. The molecule has 1 heterocycles. The molecule has 4 nitrogen and oxygen atoms in total. The number of nitrogens with zero attached hydrogens (tertiary/aromatic N) is 1. The molecule has 0 aliphatic carbocycles. The molecule has 0 saturated carbocycles. The molecule has 2 aromatic rings. The van der Waals surface area contributed by atoms with Crippen molar-refractivity contribution in [2.75, 3.05) is 11.4 Å². The lowest BCUT2D eigenvalue weighted by atomic mass is 9.87. The largest absolute Gasteiger partial charge is 0.352 e. The third kappa shape index (κ3) is 4.13. The zero-order valence-corrected chi connectivity index (χ0v) is 15.7. The summed E-state index contributed by atoms with van der Waals surface area (Å²) in [5.74, 6) is -0.349. The number of carbonyl (C=O) groups excluding carboxylic acids is 2. The first kappa shape index (κ1) is 18.2. The lowest BCUT2D eigenvalue weighted by Crippen LogP contribution is -2.32. The Morgan fingerprint density at radius 3 is 2.35 bits per heavy atom. The van der Waals surface area contributed by atoms with E-state index in [2.05, 4.69) is 38.2 Å². The molecule has 4 heteroatoms. The van der Waals surface area contributed by atoms with Gasteiger partial charge in [0.2, 0.25) is 11.8 Å². The fraction of sp³-hybridized carbons (Fsp3) is 0.364. The second-order valence-electron chi connectivity index (χ2n) is 7.91. The molecule has 1 unspecified atom stereocenters. The van der Waals surface area contributed by atoms with Crippen LogP contribution in [0.1, 0.15) is 38.3 Å². The van der Waals surface area contributed by atoms with Gasteiger partial charge in [0.05, 0.1) is 5.92 Å². The topological polar surface area (TPSA) is 49.4 Å². The van der Waals surface area contributed by atoms with Crippen LogP contribution in [0, 0.1) is 5.92 Å². The first-order chi connectivity index (χ1) is 12.3. The molecule has 0 radical (unpaired) electrons. The number of carbonyl (C=O) groups is 2. The Morgan fingerprint density at radius 2 is 1.73 bits per heavy atom. The molecule has 136 valence electrons. The number of amides is 2. The Bertz CT molecular complexity index is 776. The molecule has 1 N–H and O–H groups in total. The van der Waals surface area contributed by atoms with Crippen molar-refractivity contribution in [1.82, 2.24) is 5.32 Å². The zero-order chi connectivity index (χ0) is 18.7. The van der Waals surface area contributed by atoms with Crippen LogP contribution in [0.5, 0.6) is 0 Å². The molecular formula is C22H26N2O2. The van der Waals surface area contributed by atoms with Gasteiger partial charge in [-0.15, -0.1) is 0 Å². The number of anilines is 1. The Hall–Kier alpha value is -2.62. The maximum absolute atomic E-state index is 12.4. The second kappa shape index (κ2) is 7.32. The minimum Gasteiger partial charge on any atom is -0.352 e. The molecule has 2 amide bonds. The van der Waals surface area contributed by atoms with Crippen LogP contribution in [0.25, 0.3) is 0 Å². The monoisotopic (exact) mass is 350 g/mol. The van der Waals surface area contributed by atoms with Gasteiger partial charge in [0.25, 0.3) is 0 Å². The van der Waals surface area contributed by atoms with Crippen molar-refractivity contribution >= 4 is 17.5 Å². The molecule has 1 atom stereocenters. The van der Waals surface area contributed by atoms with E-state index in [1.54, 1.807) is 4.90 Å². The van der Waals surface area contributed by atoms with E-state index in [1.807, 2.05) is 42.5 Å². The third-order valence-electron chi connectivity index (χ3n) is 4.85. The fourth-order valence-corrected chi connectivity index (χ4v) is 3.20. The third-order valence-corrected chi connectivity index (χ3v) is 4.85. The average molecular weight is 350 g/mol. The van der Waals surface area contributed by atoms with Crippen molar-refractivity contribution in [3.05, 3.63) is 65.7 Å². The van der Waals surface area contributed by atoms with E-state index in [-0.39, 0.29) is 29.6 Å². The summed E-state index contributed by atoms with van der Waals surface area (Å²) < 4.78 is 0. The summed E-state index contributed by atoms with van der Waals surface area (Å²) in [6.07, 6.45) is 0.266. The molecule has 1 aliphatic heterocycles. The summed E-state index contributed by atoms with van der Waals surface area (Å²) in [7, 11) is 0. The van der Waals surface area contributed by atoms with Crippen molar-refractivity contribution in [2.24, 2.45) is 5.92 Å². The van der Waals surface area contributed by atoms with Crippen LogP contribution < -0.4 is 10.2 Å². The van der Waals surface area contributed by atoms with Crippen molar-refractivity contribution in [3.8, 4) is 0 Å². The molecule has 1 saturated heterocycles. The molecular weight excluding hydrogens is 324 g/mol. The lowest BCUT2D eigenvalue weighted by molar-refractivity contribution is -0.126. The van der Waals surface area contributed by atoms with Crippen LogP contribution in [0.2, 0.25) is 0 Å². The highest BCUT2D eigenvalue weighted by molar-refractivity contribution is 6.00. The summed E-state index contributed by atoms with van der Waals surface area (Å²) in [6.45, 7) is 7.42. The molecule has 26 heavy (non-hydrogen) atoms. The van der Waals surface area contributed by atoms with E-state index in [0.717, 1.165) is 11.3 Å². The SMILES string of the molecule is CC(C)(C)c1ccc(N2CC(C(=O)NCc3ccccc3)CC2=O)cc1. The predicted molar refractivity (Wildman–Crippen MR) is 104 cm³/mol. The zero-order valence-electron chi connectivity index (χ0n) is 15.7. The van der Waals surface area contributed by atoms with Crippen molar-refractivity contribution in [3.63, 3.8) is 0 Å². The van der Waals surface area contributed by atoms with Gasteiger partial charge in [-0.1, -0.05) is 63.2 Å². The van der Waals surface area contributed by atoms with Crippen LogP contribution >= 0.6 is 0 Å². The number of hydrogen-bond acceptors (Lipinski definition) is 2. The number of hydrogen-bond donors (Lipinski definition) is 1. The summed E-state index contributed by atoms with van der Waals surface area (Å²) >= 11 is 0. The number of nitrogens with one attached hydrogen (secondary N) is 1. The maximum atomic E-state index is 12.4. The Morgan fingerprint density at radius 1 is 1.08 bits per heavy atom. The smallest absolute Gasteiger partial charge is 0.227 e. The van der Waals surface area contributed by atoms with Crippen LogP contribution in [0.15, 0.2) is 54.6 Å². The van der Waals surface area contributed by atoms with Crippen molar-refractivity contribution < 1.29 is 9.59 Å². The van der Waals surface area contributed by atoms with E-state index in [9.17, 15) is 9.59 Å².